The van der Waals surface area contributed by atoms with Gasteiger partial charge in [-0.05, 0) is 31.0 Å². The number of carbonyl (C=O) groups is 1. The molecule has 0 fully saturated rings. The molecule has 5 nitrogen and oxygen atoms in total. The van der Waals surface area contributed by atoms with Gasteiger partial charge < -0.3 is 21.5 Å². The molecule has 2 atom stereocenters. The van der Waals surface area contributed by atoms with Gasteiger partial charge in [0, 0.05) is 17.9 Å². The van der Waals surface area contributed by atoms with Crippen LogP contribution in [0.3, 0.4) is 0 Å². The first kappa shape index (κ1) is 11.9. The van der Waals surface area contributed by atoms with Crippen molar-refractivity contribution in [3.8, 4) is 0 Å². The van der Waals surface area contributed by atoms with Gasteiger partial charge in [-0.3, -0.25) is 4.79 Å². The molecule has 1 aliphatic heterocycles. The van der Waals surface area contributed by atoms with E-state index in [2.05, 4.69) is 0 Å². The van der Waals surface area contributed by atoms with Crippen molar-refractivity contribution < 1.29 is 9.90 Å². The van der Waals surface area contributed by atoms with Crippen LogP contribution in [-0.4, -0.2) is 29.7 Å². The standard InChI is InChI=1S/C12H17N3O2/c1-7(16)11(14)12(17)15-5-4-8-2-3-9(13)6-10(8)15/h2-3,6-7,11,16H,4-5,13-14H2,1H3/t7-,11+/m1/s1. The van der Waals surface area contributed by atoms with Crippen LogP contribution in [0.1, 0.15) is 12.5 Å². The first-order valence-corrected chi connectivity index (χ1v) is 5.64. The molecule has 0 bridgehead atoms. The average molecular weight is 235 g/mol. The topological polar surface area (TPSA) is 92.6 Å². The van der Waals surface area contributed by atoms with Crippen LogP contribution in [0.2, 0.25) is 0 Å². The molecule has 0 aliphatic carbocycles. The summed E-state index contributed by atoms with van der Waals surface area (Å²) in [5.41, 5.74) is 13.9. The van der Waals surface area contributed by atoms with Crippen LogP contribution in [0.25, 0.3) is 0 Å². The summed E-state index contributed by atoms with van der Waals surface area (Å²) < 4.78 is 0. The SMILES string of the molecule is C[C@@H](O)[C@H](N)C(=O)N1CCc2ccc(N)cc21. The summed E-state index contributed by atoms with van der Waals surface area (Å²) in [5.74, 6) is -0.260. The number of aliphatic hydroxyl groups excluding tert-OH is 1. The fourth-order valence-corrected chi connectivity index (χ4v) is 2.01. The number of rotatable bonds is 2. The molecule has 1 amide bonds. The minimum atomic E-state index is -0.887. The highest BCUT2D eigenvalue weighted by molar-refractivity contribution is 5.99. The molecule has 5 N–H and O–H groups in total. The third kappa shape index (κ3) is 2.11. The lowest BCUT2D eigenvalue weighted by molar-refractivity contribution is -0.121. The van der Waals surface area contributed by atoms with Gasteiger partial charge in [-0.25, -0.2) is 0 Å². The Kier molecular flexibility index (Phi) is 3.04. The third-order valence-electron chi connectivity index (χ3n) is 3.08. The highest BCUT2D eigenvalue weighted by Gasteiger charge is 2.30. The van der Waals surface area contributed by atoms with Crippen molar-refractivity contribution in [1.82, 2.24) is 0 Å². The first-order valence-electron chi connectivity index (χ1n) is 5.64. The number of nitrogens with zero attached hydrogens (tertiary/aromatic N) is 1. The molecule has 0 unspecified atom stereocenters. The Bertz CT molecular complexity index is 445. The number of nitrogen functional groups attached to an aromatic ring is 1. The van der Waals surface area contributed by atoms with Crippen LogP contribution in [0.5, 0.6) is 0 Å². The van der Waals surface area contributed by atoms with Crippen LogP contribution in [0.4, 0.5) is 11.4 Å². The second-order valence-corrected chi connectivity index (χ2v) is 4.39. The van der Waals surface area contributed by atoms with E-state index >= 15 is 0 Å². The lowest BCUT2D eigenvalue weighted by Crippen LogP contribution is -2.48. The summed E-state index contributed by atoms with van der Waals surface area (Å²) >= 11 is 0. The molecule has 1 aliphatic rings. The maximum Gasteiger partial charge on any atom is 0.246 e. The van der Waals surface area contributed by atoms with Crippen LogP contribution >= 0.6 is 0 Å². The molecule has 0 radical (unpaired) electrons. The van der Waals surface area contributed by atoms with E-state index in [-0.39, 0.29) is 5.91 Å². The fourth-order valence-electron chi connectivity index (χ4n) is 2.01. The van der Waals surface area contributed by atoms with Crippen molar-refractivity contribution in [2.75, 3.05) is 17.2 Å². The number of benzene rings is 1. The minimum absolute atomic E-state index is 0.260. The molecule has 0 saturated carbocycles. The van der Waals surface area contributed by atoms with E-state index in [9.17, 15) is 9.90 Å². The molecule has 1 heterocycles. The van der Waals surface area contributed by atoms with Gasteiger partial charge in [0.25, 0.3) is 0 Å². The molecule has 0 aromatic heterocycles. The fraction of sp³-hybridized carbons (Fsp3) is 0.417. The van der Waals surface area contributed by atoms with Gasteiger partial charge in [0.1, 0.15) is 6.04 Å². The Morgan fingerprint density at radius 2 is 2.24 bits per heavy atom. The van der Waals surface area contributed by atoms with Crippen LogP contribution < -0.4 is 16.4 Å². The van der Waals surface area contributed by atoms with Gasteiger partial charge in [-0.2, -0.15) is 0 Å². The highest BCUT2D eigenvalue weighted by Crippen LogP contribution is 2.30. The average Bonchev–Trinajstić information content (AvgIpc) is 2.69. The maximum absolute atomic E-state index is 12.1. The number of carbonyl (C=O) groups excluding carboxylic acids is 1. The zero-order valence-corrected chi connectivity index (χ0v) is 9.76. The summed E-state index contributed by atoms with van der Waals surface area (Å²) in [5, 5.41) is 9.36. The quantitative estimate of drug-likeness (QED) is 0.622. The summed E-state index contributed by atoms with van der Waals surface area (Å²) in [7, 11) is 0. The minimum Gasteiger partial charge on any atom is -0.399 e. The number of hydrogen-bond donors (Lipinski definition) is 3. The lowest BCUT2D eigenvalue weighted by Gasteiger charge is -2.23. The highest BCUT2D eigenvalue weighted by atomic mass is 16.3. The molecule has 1 aromatic carbocycles. The van der Waals surface area contributed by atoms with Crippen LogP contribution in [0, 0.1) is 0 Å². The van der Waals surface area contributed by atoms with E-state index < -0.39 is 12.1 Å². The van der Waals surface area contributed by atoms with Gasteiger partial charge in [0.15, 0.2) is 0 Å². The van der Waals surface area contributed by atoms with Gasteiger partial charge in [0.2, 0.25) is 5.91 Å². The van der Waals surface area contributed by atoms with Crippen molar-refractivity contribution in [2.45, 2.75) is 25.5 Å². The predicted octanol–water partition coefficient (Wildman–Crippen LogP) is -0.134. The van der Waals surface area contributed by atoms with Crippen molar-refractivity contribution in [2.24, 2.45) is 5.73 Å². The van der Waals surface area contributed by atoms with Gasteiger partial charge in [-0.15, -0.1) is 0 Å². The summed E-state index contributed by atoms with van der Waals surface area (Å²) in [4.78, 5) is 13.7. The van der Waals surface area contributed by atoms with Gasteiger partial charge >= 0.3 is 0 Å². The normalized spacial score (nSPS) is 17.7. The predicted molar refractivity (Wildman–Crippen MR) is 66.6 cm³/mol. The Balaban J connectivity index is 2.27. The smallest absolute Gasteiger partial charge is 0.246 e. The molecule has 2 rings (SSSR count). The number of fused-ring (bicyclic) bond motifs is 1. The molecule has 92 valence electrons. The molecule has 5 heteroatoms. The van der Waals surface area contributed by atoms with E-state index in [1.54, 1.807) is 11.0 Å². The Morgan fingerprint density at radius 3 is 2.88 bits per heavy atom. The zero-order chi connectivity index (χ0) is 12.6. The number of anilines is 2. The molecule has 0 saturated heterocycles. The number of amides is 1. The van der Waals surface area contributed by atoms with E-state index in [0.717, 1.165) is 17.7 Å². The molecule has 17 heavy (non-hydrogen) atoms. The molecular formula is C12H17N3O2. The maximum atomic E-state index is 12.1. The monoisotopic (exact) mass is 235 g/mol. The summed E-state index contributed by atoms with van der Waals surface area (Å²) in [6, 6.07) is 4.63. The second kappa shape index (κ2) is 4.35. The molecule has 1 aromatic rings. The van der Waals surface area contributed by atoms with Gasteiger partial charge in [0.05, 0.1) is 6.10 Å². The Morgan fingerprint density at radius 1 is 1.53 bits per heavy atom. The summed E-state index contributed by atoms with van der Waals surface area (Å²) in [6.07, 6.45) is -0.0546. The number of nitrogens with two attached hydrogens (primary N) is 2. The largest absolute Gasteiger partial charge is 0.399 e. The van der Waals surface area contributed by atoms with E-state index in [1.165, 1.54) is 6.92 Å². The van der Waals surface area contributed by atoms with E-state index in [4.69, 9.17) is 11.5 Å². The number of hydrogen-bond acceptors (Lipinski definition) is 4. The zero-order valence-electron chi connectivity index (χ0n) is 9.76. The van der Waals surface area contributed by atoms with Gasteiger partial charge in [-0.1, -0.05) is 6.07 Å². The molecular weight excluding hydrogens is 218 g/mol. The van der Waals surface area contributed by atoms with E-state index in [0.29, 0.717) is 12.2 Å². The Hall–Kier alpha value is -1.59. The number of aliphatic hydroxyl groups is 1. The lowest BCUT2D eigenvalue weighted by atomic mass is 10.1. The van der Waals surface area contributed by atoms with Crippen LogP contribution in [-0.2, 0) is 11.2 Å². The van der Waals surface area contributed by atoms with Crippen molar-refractivity contribution >= 4 is 17.3 Å². The van der Waals surface area contributed by atoms with E-state index in [1.807, 2.05) is 12.1 Å². The Labute approximate surface area is 100 Å². The second-order valence-electron chi connectivity index (χ2n) is 4.39. The van der Waals surface area contributed by atoms with Crippen molar-refractivity contribution in [3.05, 3.63) is 23.8 Å². The van der Waals surface area contributed by atoms with Crippen LogP contribution in [0.15, 0.2) is 18.2 Å². The van der Waals surface area contributed by atoms with Crippen molar-refractivity contribution in [3.63, 3.8) is 0 Å². The van der Waals surface area contributed by atoms with Crippen molar-refractivity contribution in [1.29, 1.82) is 0 Å². The summed E-state index contributed by atoms with van der Waals surface area (Å²) in [6.45, 7) is 2.11. The third-order valence-corrected chi connectivity index (χ3v) is 3.08. The molecule has 0 spiro atoms. The first-order chi connectivity index (χ1) is 8.00.